The normalized spacial score (nSPS) is 16.2. The van der Waals surface area contributed by atoms with Crippen molar-refractivity contribution >= 4 is 11.8 Å². The molecule has 1 aliphatic heterocycles. The van der Waals surface area contributed by atoms with Crippen molar-refractivity contribution in [1.29, 1.82) is 0 Å². The number of carboxylic acids is 1. The number of carboxylic acid groups (broad SMARTS) is 1. The van der Waals surface area contributed by atoms with Crippen molar-refractivity contribution in [1.82, 2.24) is 9.97 Å². The zero-order chi connectivity index (χ0) is 19.5. The number of nitrogens with zero attached hydrogens (tertiary/aromatic N) is 3. The Morgan fingerprint density at radius 3 is 2.64 bits per heavy atom. The molecule has 1 fully saturated rings. The molecule has 0 aliphatic carbocycles. The highest BCUT2D eigenvalue weighted by Crippen LogP contribution is 2.28. The molecule has 0 spiro atoms. The number of rotatable bonds is 5. The third kappa shape index (κ3) is 3.81. The lowest BCUT2D eigenvalue weighted by Gasteiger charge is -2.20. The van der Waals surface area contributed by atoms with Crippen LogP contribution in [0.4, 0.5) is 5.82 Å². The standard InChI is InChI=1S/C22H21N3O3/c1-15-7-8-20(23-12-15)28-18-9-10-25(14-18)21-19(22(26)27)11-17(13-24-21)16-5-3-2-4-6-16/h2-8,11-13,18H,9-10,14H2,1H3,(H,26,27)/t18-/m1/s1. The summed E-state index contributed by atoms with van der Waals surface area (Å²) in [5.41, 5.74) is 3.01. The van der Waals surface area contributed by atoms with Gasteiger partial charge in [-0.15, -0.1) is 0 Å². The molecular formula is C22H21N3O3. The molecule has 2 aromatic heterocycles. The topological polar surface area (TPSA) is 75.5 Å². The Morgan fingerprint density at radius 1 is 1.11 bits per heavy atom. The van der Waals surface area contributed by atoms with Gasteiger partial charge < -0.3 is 14.7 Å². The fraction of sp³-hybridized carbons (Fsp3) is 0.227. The number of aromatic carboxylic acids is 1. The SMILES string of the molecule is Cc1ccc(O[C@@H]2CCN(c3ncc(-c4ccccc4)cc3C(=O)O)C2)nc1. The van der Waals surface area contributed by atoms with Crippen LogP contribution in [0.1, 0.15) is 22.3 Å². The van der Waals surface area contributed by atoms with Crippen molar-refractivity contribution in [2.24, 2.45) is 0 Å². The molecule has 3 aromatic rings. The quantitative estimate of drug-likeness (QED) is 0.731. The lowest BCUT2D eigenvalue weighted by Crippen LogP contribution is -2.27. The van der Waals surface area contributed by atoms with Crippen molar-refractivity contribution in [2.75, 3.05) is 18.0 Å². The van der Waals surface area contributed by atoms with Gasteiger partial charge in [0.15, 0.2) is 0 Å². The minimum Gasteiger partial charge on any atom is -0.478 e. The van der Waals surface area contributed by atoms with Crippen molar-refractivity contribution in [3.63, 3.8) is 0 Å². The van der Waals surface area contributed by atoms with E-state index in [-0.39, 0.29) is 11.7 Å². The van der Waals surface area contributed by atoms with E-state index in [9.17, 15) is 9.90 Å². The third-order valence-corrected chi connectivity index (χ3v) is 4.82. The molecule has 0 saturated carbocycles. The Hall–Kier alpha value is -3.41. The predicted molar refractivity (Wildman–Crippen MR) is 107 cm³/mol. The first-order chi connectivity index (χ1) is 13.6. The van der Waals surface area contributed by atoms with Gasteiger partial charge in [0.25, 0.3) is 0 Å². The Labute approximate surface area is 163 Å². The highest BCUT2D eigenvalue weighted by atomic mass is 16.5. The van der Waals surface area contributed by atoms with Gasteiger partial charge >= 0.3 is 5.97 Å². The number of aromatic nitrogens is 2. The number of hydrogen-bond acceptors (Lipinski definition) is 5. The summed E-state index contributed by atoms with van der Waals surface area (Å²) in [5.74, 6) is 0.0864. The fourth-order valence-electron chi connectivity index (χ4n) is 3.37. The number of aryl methyl sites for hydroxylation is 1. The minimum absolute atomic E-state index is 0.0487. The summed E-state index contributed by atoms with van der Waals surface area (Å²) in [6, 6.07) is 15.2. The summed E-state index contributed by atoms with van der Waals surface area (Å²) >= 11 is 0. The molecule has 1 atom stereocenters. The largest absolute Gasteiger partial charge is 0.478 e. The van der Waals surface area contributed by atoms with Gasteiger partial charge in [-0.25, -0.2) is 14.8 Å². The van der Waals surface area contributed by atoms with Gasteiger partial charge in [0, 0.05) is 37.0 Å². The van der Waals surface area contributed by atoms with E-state index in [4.69, 9.17) is 4.74 Å². The summed E-state index contributed by atoms with van der Waals surface area (Å²) < 4.78 is 5.95. The van der Waals surface area contributed by atoms with Crippen LogP contribution in [0.3, 0.4) is 0 Å². The number of anilines is 1. The van der Waals surface area contributed by atoms with E-state index >= 15 is 0 Å². The fourth-order valence-corrected chi connectivity index (χ4v) is 3.37. The second-order valence-corrected chi connectivity index (χ2v) is 6.91. The summed E-state index contributed by atoms with van der Waals surface area (Å²) in [5, 5.41) is 9.72. The van der Waals surface area contributed by atoms with Crippen LogP contribution in [0.15, 0.2) is 60.9 Å². The Balaban J connectivity index is 1.54. The average molecular weight is 375 g/mol. The highest BCUT2D eigenvalue weighted by molar-refractivity contribution is 5.95. The van der Waals surface area contributed by atoms with Gasteiger partial charge in [0.05, 0.1) is 6.54 Å². The maximum absolute atomic E-state index is 11.9. The molecule has 6 nitrogen and oxygen atoms in total. The van der Waals surface area contributed by atoms with Crippen LogP contribution >= 0.6 is 0 Å². The third-order valence-electron chi connectivity index (χ3n) is 4.82. The van der Waals surface area contributed by atoms with E-state index in [1.54, 1.807) is 18.5 Å². The van der Waals surface area contributed by atoms with E-state index in [0.717, 1.165) is 23.1 Å². The number of carbonyl (C=O) groups is 1. The molecule has 142 valence electrons. The van der Waals surface area contributed by atoms with Crippen molar-refractivity contribution in [2.45, 2.75) is 19.4 Å². The summed E-state index contributed by atoms with van der Waals surface area (Å²) in [7, 11) is 0. The first-order valence-corrected chi connectivity index (χ1v) is 9.23. The van der Waals surface area contributed by atoms with Gasteiger partial charge in [0.1, 0.15) is 17.5 Å². The molecule has 28 heavy (non-hydrogen) atoms. The Bertz CT molecular complexity index is 974. The van der Waals surface area contributed by atoms with E-state index in [1.807, 2.05) is 54.3 Å². The monoisotopic (exact) mass is 375 g/mol. The molecule has 0 amide bonds. The molecule has 0 bridgehead atoms. The maximum atomic E-state index is 11.9. The van der Waals surface area contributed by atoms with Crippen molar-refractivity contribution < 1.29 is 14.6 Å². The summed E-state index contributed by atoms with van der Waals surface area (Å²) in [6.07, 6.45) is 4.24. The van der Waals surface area contributed by atoms with Crippen LogP contribution in [0.25, 0.3) is 11.1 Å². The van der Waals surface area contributed by atoms with Crippen LogP contribution in [-0.4, -0.2) is 40.2 Å². The molecule has 1 aliphatic rings. The van der Waals surface area contributed by atoms with Gasteiger partial charge in [-0.05, 0) is 24.1 Å². The van der Waals surface area contributed by atoms with Gasteiger partial charge in [-0.1, -0.05) is 36.4 Å². The number of hydrogen-bond donors (Lipinski definition) is 1. The van der Waals surface area contributed by atoms with Crippen LogP contribution < -0.4 is 9.64 Å². The van der Waals surface area contributed by atoms with Crippen molar-refractivity contribution in [3.05, 3.63) is 72.1 Å². The lowest BCUT2D eigenvalue weighted by molar-refractivity contribution is 0.0697. The first-order valence-electron chi connectivity index (χ1n) is 9.23. The molecule has 0 radical (unpaired) electrons. The number of benzene rings is 1. The smallest absolute Gasteiger partial charge is 0.339 e. The number of ether oxygens (including phenoxy) is 1. The summed E-state index contributed by atoms with van der Waals surface area (Å²) in [6.45, 7) is 3.24. The maximum Gasteiger partial charge on any atom is 0.339 e. The molecule has 4 rings (SSSR count). The summed E-state index contributed by atoms with van der Waals surface area (Å²) in [4.78, 5) is 22.6. The lowest BCUT2D eigenvalue weighted by atomic mass is 10.1. The molecule has 1 aromatic carbocycles. The molecule has 1 N–H and O–H groups in total. The van der Waals surface area contributed by atoms with E-state index in [1.165, 1.54) is 0 Å². The second-order valence-electron chi connectivity index (χ2n) is 6.91. The molecule has 0 unspecified atom stereocenters. The molecule has 3 heterocycles. The number of pyridine rings is 2. The van der Waals surface area contributed by atoms with Crippen LogP contribution in [0, 0.1) is 6.92 Å². The van der Waals surface area contributed by atoms with E-state index in [2.05, 4.69) is 9.97 Å². The van der Waals surface area contributed by atoms with E-state index in [0.29, 0.717) is 24.8 Å². The van der Waals surface area contributed by atoms with Gasteiger partial charge in [-0.2, -0.15) is 0 Å². The molecular weight excluding hydrogens is 354 g/mol. The Morgan fingerprint density at radius 2 is 1.93 bits per heavy atom. The Kier molecular flexibility index (Phi) is 4.93. The minimum atomic E-state index is -0.982. The first kappa shape index (κ1) is 18.0. The van der Waals surface area contributed by atoms with Crippen LogP contribution in [0.5, 0.6) is 5.88 Å². The molecule has 1 saturated heterocycles. The van der Waals surface area contributed by atoms with Gasteiger partial charge in [-0.3, -0.25) is 0 Å². The molecule has 6 heteroatoms. The average Bonchev–Trinajstić information content (AvgIpc) is 3.18. The van der Waals surface area contributed by atoms with Crippen LogP contribution in [-0.2, 0) is 0 Å². The highest BCUT2D eigenvalue weighted by Gasteiger charge is 2.28. The zero-order valence-corrected chi connectivity index (χ0v) is 15.6. The second kappa shape index (κ2) is 7.68. The predicted octanol–water partition coefficient (Wildman–Crippen LogP) is 3.81. The van der Waals surface area contributed by atoms with E-state index < -0.39 is 5.97 Å². The van der Waals surface area contributed by atoms with Crippen molar-refractivity contribution in [3.8, 4) is 17.0 Å². The van der Waals surface area contributed by atoms with Crippen LogP contribution in [0.2, 0.25) is 0 Å². The van der Waals surface area contributed by atoms with Gasteiger partial charge in [0.2, 0.25) is 5.88 Å². The zero-order valence-electron chi connectivity index (χ0n) is 15.6.